The average molecular weight is 519 g/mol. The fourth-order valence-corrected chi connectivity index (χ4v) is 3.23. The zero-order valence-corrected chi connectivity index (χ0v) is 19.0. The lowest BCUT2D eigenvalue weighted by atomic mass is 10.1. The highest BCUT2D eigenvalue weighted by molar-refractivity contribution is 14.0. The largest absolute Gasteiger partial charge is 0.444 e. The molecule has 0 amide bonds. The van der Waals surface area contributed by atoms with E-state index >= 15 is 0 Å². The van der Waals surface area contributed by atoms with Crippen LogP contribution in [0.1, 0.15) is 24.1 Å². The molecule has 6 nitrogen and oxygen atoms in total. The van der Waals surface area contributed by atoms with Gasteiger partial charge in [-0.25, -0.2) is 13.8 Å². The Morgan fingerprint density at radius 3 is 2.59 bits per heavy atom. The SMILES string of the molecule is CN=C(NCc1coc(-c2ccc(C)cc2)n1)NC1CCN(CC(F)F)CC1.I. The van der Waals surface area contributed by atoms with Crippen LogP contribution in [0.25, 0.3) is 11.5 Å². The van der Waals surface area contributed by atoms with Crippen molar-refractivity contribution in [2.75, 3.05) is 26.7 Å². The standard InChI is InChI=1S/C20H27F2N5O.HI/c1-14-3-5-15(6-4-14)19-25-17(13-28-19)11-24-20(23-2)26-16-7-9-27(10-8-16)12-18(21)22;/h3-6,13,16,18H,7-12H2,1-2H3,(H2,23,24,26);1H. The molecule has 0 atom stereocenters. The predicted molar refractivity (Wildman–Crippen MR) is 121 cm³/mol. The number of halogens is 3. The molecule has 1 aliphatic heterocycles. The van der Waals surface area contributed by atoms with Crippen molar-refractivity contribution in [3.63, 3.8) is 0 Å². The van der Waals surface area contributed by atoms with Gasteiger partial charge in [-0.3, -0.25) is 9.89 Å². The van der Waals surface area contributed by atoms with E-state index in [2.05, 4.69) is 20.6 Å². The number of nitrogens with one attached hydrogen (secondary N) is 2. The number of hydrogen-bond acceptors (Lipinski definition) is 4. The molecule has 0 aliphatic carbocycles. The molecule has 1 saturated heterocycles. The number of aryl methyl sites for hydroxylation is 1. The zero-order chi connectivity index (χ0) is 19.9. The fraction of sp³-hybridized carbons (Fsp3) is 0.500. The van der Waals surface area contributed by atoms with Crippen molar-refractivity contribution in [1.82, 2.24) is 20.5 Å². The van der Waals surface area contributed by atoms with Gasteiger partial charge in [0.1, 0.15) is 6.26 Å². The van der Waals surface area contributed by atoms with Crippen LogP contribution >= 0.6 is 24.0 Å². The minimum Gasteiger partial charge on any atom is -0.444 e. The molecule has 1 fully saturated rings. The highest BCUT2D eigenvalue weighted by atomic mass is 127. The summed E-state index contributed by atoms with van der Waals surface area (Å²) in [5.74, 6) is 1.26. The van der Waals surface area contributed by atoms with Gasteiger partial charge in [-0.1, -0.05) is 17.7 Å². The summed E-state index contributed by atoms with van der Waals surface area (Å²) in [6.07, 6.45) is 0.994. The van der Waals surface area contributed by atoms with Gasteiger partial charge < -0.3 is 15.1 Å². The van der Waals surface area contributed by atoms with Gasteiger partial charge in [0.05, 0.1) is 18.8 Å². The van der Waals surface area contributed by atoms with Crippen LogP contribution in [-0.4, -0.2) is 55.0 Å². The molecule has 3 rings (SSSR count). The predicted octanol–water partition coefficient (Wildman–Crippen LogP) is 3.66. The first-order valence-electron chi connectivity index (χ1n) is 9.52. The minimum atomic E-state index is -2.27. The van der Waals surface area contributed by atoms with Gasteiger partial charge >= 0.3 is 0 Å². The summed E-state index contributed by atoms with van der Waals surface area (Å²) in [5, 5.41) is 6.59. The van der Waals surface area contributed by atoms with Gasteiger partial charge in [0, 0.05) is 31.7 Å². The number of rotatable bonds is 6. The molecule has 1 aromatic carbocycles. The summed E-state index contributed by atoms with van der Waals surface area (Å²) in [7, 11) is 1.71. The second-order valence-electron chi connectivity index (χ2n) is 7.05. The lowest BCUT2D eigenvalue weighted by molar-refractivity contribution is 0.0744. The van der Waals surface area contributed by atoms with Crippen molar-refractivity contribution in [2.45, 2.75) is 38.8 Å². The molecule has 0 spiro atoms. The van der Waals surface area contributed by atoms with Crippen LogP contribution in [0.2, 0.25) is 0 Å². The Kier molecular flexibility index (Phi) is 9.28. The van der Waals surface area contributed by atoms with E-state index in [9.17, 15) is 8.78 Å². The molecule has 1 aliphatic rings. The number of aliphatic imine (C=N–C) groups is 1. The topological polar surface area (TPSA) is 65.7 Å². The van der Waals surface area contributed by atoms with E-state index in [0.29, 0.717) is 31.5 Å². The van der Waals surface area contributed by atoms with Crippen LogP contribution in [-0.2, 0) is 6.54 Å². The van der Waals surface area contributed by atoms with Gasteiger partial charge in [0.25, 0.3) is 6.43 Å². The fourth-order valence-electron chi connectivity index (χ4n) is 3.23. The summed E-state index contributed by atoms with van der Waals surface area (Å²) in [4.78, 5) is 10.6. The third-order valence-electron chi connectivity index (χ3n) is 4.84. The van der Waals surface area contributed by atoms with Crippen molar-refractivity contribution in [2.24, 2.45) is 4.99 Å². The smallest absolute Gasteiger partial charge is 0.251 e. The number of alkyl halides is 2. The molecule has 0 radical (unpaired) electrons. The third kappa shape index (κ3) is 7.22. The number of piperidine rings is 1. The summed E-state index contributed by atoms with van der Waals surface area (Å²) in [5.41, 5.74) is 2.91. The molecule has 2 heterocycles. The van der Waals surface area contributed by atoms with Crippen LogP contribution in [0, 0.1) is 6.92 Å². The Hall–Kier alpha value is -1.75. The molecule has 160 valence electrons. The third-order valence-corrected chi connectivity index (χ3v) is 4.84. The zero-order valence-electron chi connectivity index (χ0n) is 16.7. The first-order chi connectivity index (χ1) is 13.5. The molecular formula is C20H28F2IN5O. The molecule has 0 bridgehead atoms. The number of hydrogen-bond donors (Lipinski definition) is 2. The lowest BCUT2D eigenvalue weighted by Crippen LogP contribution is -2.49. The van der Waals surface area contributed by atoms with E-state index in [0.717, 1.165) is 24.1 Å². The van der Waals surface area contributed by atoms with E-state index in [-0.39, 0.29) is 36.6 Å². The number of aromatic nitrogens is 1. The van der Waals surface area contributed by atoms with Crippen molar-refractivity contribution < 1.29 is 13.2 Å². The molecule has 29 heavy (non-hydrogen) atoms. The second kappa shape index (κ2) is 11.4. The number of benzene rings is 1. The first kappa shape index (κ1) is 23.5. The van der Waals surface area contributed by atoms with Gasteiger partial charge in [-0.05, 0) is 31.9 Å². The maximum absolute atomic E-state index is 12.5. The Morgan fingerprint density at radius 2 is 1.97 bits per heavy atom. The van der Waals surface area contributed by atoms with E-state index in [4.69, 9.17) is 4.42 Å². The Morgan fingerprint density at radius 1 is 1.28 bits per heavy atom. The molecular weight excluding hydrogens is 491 g/mol. The van der Waals surface area contributed by atoms with Crippen molar-refractivity contribution in [3.05, 3.63) is 41.8 Å². The van der Waals surface area contributed by atoms with Crippen LogP contribution in [0.3, 0.4) is 0 Å². The number of oxazole rings is 1. The molecule has 1 aromatic heterocycles. The quantitative estimate of drug-likeness (QED) is 0.347. The van der Waals surface area contributed by atoms with Crippen LogP contribution in [0.4, 0.5) is 8.78 Å². The Balaban J connectivity index is 0.00000300. The number of nitrogens with zero attached hydrogens (tertiary/aromatic N) is 3. The van der Waals surface area contributed by atoms with Crippen molar-refractivity contribution >= 4 is 29.9 Å². The van der Waals surface area contributed by atoms with E-state index in [1.165, 1.54) is 5.56 Å². The normalized spacial score (nSPS) is 16.0. The summed E-state index contributed by atoms with van der Waals surface area (Å²) >= 11 is 0. The number of guanidine groups is 1. The van der Waals surface area contributed by atoms with E-state index in [1.54, 1.807) is 18.2 Å². The van der Waals surface area contributed by atoms with Crippen molar-refractivity contribution in [3.8, 4) is 11.5 Å². The maximum Gasteiger partial charge on any atom is 0.251 e. The van der Waals surface area contributed by atoms with E-state index < -0.39 is 6.43 Å². The highest BCUT2D eigenvalue weighted by Gasteiger charge is 2.22. The average Bonchev–Trinajstić information content (AvgIpc) is 3.15. The Bertz CT molecular complexity index is 773. The summed E-state index contributed by atoms with van der Waals surface area (Å²) in [6.45, 7) is 3.72. The van der Waals surface area contributed by atoms with Crippen molar-refractivity contribution in [1.29, 1.82) is 0 Å². The molecule has 2 N–H and O–H groups in total. The minimum absolute atomic E-state index is 0. The van der Waals surface area contributed by atoms with Crippen LogP contribution in [0.15, 0.2) is 39.9 Å². The van der Waals surface area contributed by atoms with Crippen LogP contribution < -0.4 is 10.6 Å². The molecule has 0 saturated carbocycles. The van der Waals surface area contributed by atoms with Gasteiger partial charge in [-0.15, -0.1) is 24.0 Å². The summed E-state index contributed by atoms with van der Waals surface area (Å²) in [6, 6.07) is 8.24. The van der Waals surface area contributed by atoms with Gasteiger partial charge in [0.15, 0.2) is 5.96 Å². The van der Waals surface area contributed by atoms with Gasteiger partial charge in [0.2, 0.25) is 5.89 Å². The monoisotopic (exact) mass is 519 g/mol. The lowest BCUT2D eigenvalue weighted by Gasteiger charge is -2.32. The van der Waals surface area contributed by atoms with E-state index in [1.807, 2.05) is 31.2 Å². The first-order valence-corrected chi connectivity index (χ1v) is 9.52. The second-order valence-corrected chi connectivity index (χ2v) is 7.05. The number of likely N-dealkylation sites (tertiary alicyclic amines) is 1. The highest BCUT2D eigenvalue weighted by Crippen LogP contribution is 2.19. The molecule has 9 heteroatoms. The molecule has 0 unspecified atom stereocenters. The van der Waals surface area contributed by atoms with Gasteiger partial charge in [-0.2, -0.15) is 0 Å². The summed E-state index contributed by atoms with van der Waals surface area (Å²) < 4.78 is 30.5. The van der Waals surface area contributed by atoms with Crippen LogP contribution in [0.5, 0.6) is 0 Å². The maximum atomic E-state index is 12.5. The molecule has 2 aromatic rings. The Labute approximate surface area is 187 Å².